The highest BCUT2D eigenvalue weighted by atomic mass is 19.1. The Bertz CT molecular complexity index is 732. The van der Waals surface area contributed by atoms with E-state index in [2.05, 4.69) is 5.10 Å². The Balaban J connectivity index is 1.92. The summed E-state index contributed by atoms with van der Waals surface area (Å²) in [5.74, 6) is -0.348. The molecule has 4 heteroatoms. The van der Waals surface area contributed by atoms with E-state index < -0.39 is 6.10 Å². The van der Waals surface area contributed by atoms with Gasteiger partial charge in [-0.25, -0.2) is 9.07 Å². The normalized spacial score (nSPS) is 12.3. The van der Waals surface area contributed by atoms with Gasteiger partial charge < -0.3 is 5.11 Å². The van der Waals surface area contributed by atoms with Crippen molar-refractivity contribution in [1.82, 2.24) is 9.78 Å². The van der Waals surface area contributed by atoms with Gasteiger partial charge in [0.25, 0.3) is 0 Å². The summed E-state index contributed by atoms with van der Waals surface area (Å²) in [6, 6.07) is 14.2. The van der Waals surface area contributed by atoms with Crippen molar-refractivity contribution in [2.45, 2.75) is 13.0 Å². The van der Waals surface area contributed by atoms with Crippen molar-refractivity contribution in [2.75, 3.05) is 0 Å². The Morgan fingerprint density at radius 1 is 1.10 bits per heavy atom. The first kappa shape index (κ1) is 13.5. The summed E-state index contributed by atoms with van der Waals surface area (Å²) in [4.78, 5) is 0. The van der Waals surface area contributed by atoms with Crippen LogP contribution in [0.5, 0.6) is 0 Å². The molecule has 106 valence electrons. The molecule has 3 nitrogen and oxygen atoms in total. The summed E-state index contributed by atoms with van der Waals surface area (Å²) in [6.07, 6.45) is 2.45. The molecule has 2 aromatic carbocycles. The predicted molar refractivity (Wildman–Crippen MR) is 78.8 cm³/mol. The molecule has 3 rings (SSSR count). The van der Waals surface area contributed by atoms with Crippen molar-refractivity contribution in [1.29, 1.82) is 0 Å². The summed E-state index contributed by atoms with van der Waals surface area (Å²) in [5, 5.41) is 14.6. The van der Waals surface area contributed by atoms with Gasteiger partial charge in [-0.1, -0.05) is 24.3 Å². The number of aliphatic hydroxyl groups excluding tert-OH is 1. The van der Waals surface area contributed by atoms with E-state index >= 15 is 0 Å². The summed E-state index contributed by atoms with van der Waals surface area (Å²) in [6.45, 7) is 1.80. The topological polar surface area (TPSA) is 38.1 Å². The molecule has 0 bridgehead atoms. The third kappa shape index (κ3) is 2.85. The maximum atomic E-state index is 13.4. The molecule has 21 heavy (non-hydrogen) atoms. The van der Waals surface area contributed by atoms with E-state index in [9.17, 15) is 9.50 Å². The highest BCUT2D eigenvalue weighted by Crippen LogP contribution is 2.24. The zero-order valence-corrected chi connectivity index (χ0v) is 11.6. The number of hydrogen-bond acceptors (Lipinski definition) is 2. The van der Waals surface area contributed by atoms with Gasteiger partial charge in [0.05, 0.1) is 11.9 Å². The van der Waals surface area contributed by atoms with E-state index in [1.165, 1.54) is 12.1 Å². The van der Waals surface area contributed by atoms with Crippen LogP contribution in [-0.2, 0) is 0 Å². The molecule has 0 saturated carbocycles. The van der Waals surface area contributed by atoms with Gasteiger partial charge in [-0.2, -0.15) is 5.10 Å². The van der Waals surface area contributed by atoms with Crippen molar-refractivity contribution in [2.24, 2.45) is 0 Å². The van der Waals surface area contributed by atoms with Crippen LogP contribution < -0.4 is 0 Å². The molecule has 1 heterocycles. The molecule has 3 aromatic rings. The maximum Gasteiger partial charge on any atom is 0.123 e. The third-order valence-electron chi connectivity index (χ3n) is 3.32. The van der Waals surface area contributed by atoms with Gasteiger partial charge in [0.1, 0.15) is 11.9 Å². The Hall–Kier alpha value is -2.46. The minimum absolute atomic E-state index is 0.348. The van der Waals surface area contributed by atoms with Crippen molar-refractivity contribution in [3.63, 3.8) is 0 Å². The number of aromatic nitrogens is 2. The minimum atomic E-state index is -0.892. The number of rotatable bonds is 3. The number of halogens is 1. The zero-order chi connectivity index (χ0) is 14.8. The summed E-state index contributed by atoms with van der Waals surface area (Å²) >= 11 is 0. The average Bonchev–Trinajstić information content (AvgIpc) is 2.96. The molecule has 0 fully saturated rings. The first-order chi connectivity index (χ1) is 10.1. The van der Waals surface area contributed by atoms with E-state index in [1.807, 2.05) is 30.3 Å². The van der Waals surface area contributed by atoms with Crippen LogP contribution in [-0.4, -0.2) is 14.9 Å². The van der Waals surface area contributed by atoms with E-state index in [0.717, 1.165) is 11.3 Å². The monoisotopic (exact) mass is 282 g/mol. The average molecular weight is 282 g/mol. The van der Waals surface area contributed by atoms with Gasteiger partial charge in [0.15, 0.2) is 0 Å². The molecule has 0 aliphatic rings. The number of benzene rings is 2. The Kier molecular flexibility index (Phi) is 3.54. The molecule has 0 aliphatic heterocycles. The molecule has 1 atom stereocenters. The fourth-order valence-corrected chi connectivity index (χ4v) is 2.31. The lowest BCUT2D eigenvalue weighted by atomic mass is 10.0. The molecule has 0 aliphatic carbocycles. The summed E-state index contributed by atoms with van der Waals surface area (Å²) in [7, 11) is 0. The van der Waals surface area contributed by atoms with E-state index in [0.29, 0.717) is 11.1 Å². The van der Waals surface area contributed by atoms with Crippen LogP contribution in [0.25, 0.3) is 5.69 Å². The lowest BCUT2D eigenvalue weighted by molar-refractivity contribution is 0.219. The van der Waals surface area contributed by atoms with Gasteiger partial charge in [-0.3, -0.25) is 0 Å². The van der Waals surface area contributed by atoms with E-state index in [1.54, 1.807) is 30.1 Å². The molecule has 0 saturated heterocycles. The first-order valence-corrected chi connectivity index (χ1v) is 6.68. The van der Waals surface area contributed by atoms with Crippen LogP contribution in [0.4, 0.5) is 4.39 Å². The SMILES string of the molecule is Cc1cc(F)cc(C(O)c2cnn(-c3ccccc3)c2)c1. The molecular weight excluding hydrogens is 267 g/mol. The second-order valence-corrected chi connectivity index (χ2v) is 5.02. The largest absolute Gasteiger partial charge is 0.384 e. The van der Waals surface area contributed by atoms with Crippen molar-refractivity contribution < 1.29 is 9.50 Å². The van der Waals surface area contributed by atoms with Crippen LogP contribution >= 0.6 is 0 Å². The van der Waals surface area contributed by atoms with E-state index in [4.69, 9.17) is 0 Å². The minimum Gasteiger partial charge on any atom is -0.384 e. The van der Waals surface area contributed by atoms with Crippen LogP contribution in [0, 0.1) is 12.7 Å². The number of aryl methyl sites for hydroxylation is 1. The number of hydrogen-bond donors (Lipinski definition) is 1. The Morgan fingerprint density at radius 2 is 1.86 bits per heavy atom. The standard InChI is InChI=1S/C17H15FN2O/c1-12-7-13(9-15(18)8-12)17(21)14-10-19-20(11-14)16-5-3-2-4-6-16/h2-11,17,21H,1H3. The smallest absolute Gasteiger partial charge is 0.123 e. The van der Waals surface area contributed by atoms with Gasteiger partial charge >= 0.3 is 0 Å². The Labute approximate surface area is 122 Å². The molecule has 1 N–H and O–H groups in total. The van der Waals surface area contributed by atoms with Crippen LogP contribution in [0.15, 0.2) is 60.9 Å². The zero-order valence-electron chi connectivity index (χ0n) is 11.6. The van der Waals surface area contributed by atoms with E-state index in [-0.39, 0.29) is 5.82 Å². The van der Waals surface area contributed by atoms with Gasteiger partial charge in [-0.05, 0) is 42.3 Å². The lowest BCUT2D eigenvalue weighted by Crippen LogP contribution is -2.00. The summed E-state index contributed by atoms with van der Waals surface area (Å²) in [5.41, 5.74) is 2.84. The van der Waals surface area contributed by atoms with Gasteiger partial charge in [0.2, 0.25) is 0 Å². The summed E-state index contributed by atoms with van der Waals surface area (Å²) < 4.78 is 15.1. The fraction of sp³-hybridized carbons (Fsp3) is 0.118. The number of nitrogens with zero attached hydrogens (tertiary/aromatic N) is 2. The van der Waals surface area contributed by atoms with Crippen molar-refractivity contribution >= 4 is 0 Å². The molecule has 1 unspecified atom stereocenters. The second kappa shape index (κ2) is 5.50. The molecule has 0 radical (unpaired) electrons. The number of para-hydroxylation sites is 1. The highest BCUT2D eigenvalue weighted by Gasteiger charge is 2.14. The van der Waals surface area contributed by atoms with Crippen LogP contribution in [0.1, 0.15) is 22.8 Å². The molecular formula is C17H15FN2O. The quantitative estimate of drug-likeness (QED) is 0.799. The maximum absolute atomic E-state index is 13.4. The molecule has 1 aromatic heterocycles. The van der Waals surface area contributed by atoms with Crippen LogP contribution in [0.2, 0.25) is 0 Å². The highest BCUT2D eigenvalue weighted by molar-refractivity contribution is 5.34. The first-order valence-electron chi connectivity index (χ1n) is 6.68. The predicted octanol–water partition coefficient (Wildman–Crippen LogP) is 3.40. The molecule has 0 spiro atoms. The van der Waals surface area contributed by atoms with Crippen molar-refractivity contribution in [3.05, 3.63) is 83.4 Å². The number of aliphatic hydroxyl groups is 1. The Morgan fingerprint density at radius 3 is 2.57 bits per heavy atom. The third-order valence-corrected chi connectivity index (χ3v) is 3.32. The van der Waals surface area contributed by atoms with Crippen molar-refractivity contribution in [3.8, 4) is 5.69 Å². The van der Waals surface area contributed by atoms with Crippen LogP contribution in [0.3, 0.4) is 0 Å². The fourth-order valence-electron chi connectivity index (χ4n) is 2.31. The second-order valence-electron chi connectivity index (χ2n) is 5.02. The van der Waals surface area contributed by atoms with Gasteiger partial charge in [-0.15, -0.1) is 0 Å². The van der Waals surface area contributed by atoms with Gasteiger partial charge in [0, 0.05) is 11.8 Å². The molecule has 0 amide bonds. The lowest BCUT2D eigenvalue weighted by Gasteiger charge is -2.10.